The third kappa shape index (κ3) is 4.31. The van der Waals surface area contributed by atoms with Crippen molar-refractivity contribution in [3.63, 3.8) is 0 Å². The number of anilines is 2. The zero-order valence-electron chi connectivity index (χ0n) is 10.7. The molecule has 2 aromatic carbocycles. The van der Waals surface area contributed by atoms with Crippen LogP contribution in [-0.2, 0) is 15.6 Å². The van der Waals surface area contributed by atoms with Crippen LogP contribution >= 0.6 is 15.9 Å². The molecular formula is C14H13BrFNO2S. The van der Waals surface area contributed by atoms with Crippen LogP contribution in [0.25, 0.3) is 0 Å². The number of rotatable bonds is 4. The van der Waals surface area contributed by atoms with Crippen LogP contribution in [-0.4, -0.2) is 14.7 Å². The van der Waals surface area contributed by atoms with Crippen molar-refractivity contribution >= 4 is 37.1 Å². The lowest BCUT2D eigenvalue weighted by molar-refractivity contribution is 0.601. The van der Waals surface area contributed by atoms with Crippen LogP contribution < -0.4 is 5.32 Å². The summed E-state index contributed by atoms with van der Waals surface area (Å²) < 4.78 is 36.1. The fourth-order valence-corrected chi connectivity index (χ4v) is 3.05. The minimum atomic E-state index is -3.05. The van der Waals surface area contributed by atoms with Crippen molar-refractivity contribution in [2.24, 2.45) is 0 Å². The highest BCUT2D eigenvalue weighted by molar-refractivity contribution is 9.10. The van der Waals surface area contributed by atoms with Crippen molar-refractivity contribution in [1.82, 2.24) is 0 Å². The molecule has 0 saturated carbocycles. The monoisotopic (exact) mass is 357 g/mol. The third-order valence-electron chi connectivity index (χ3n) is 2.59. The Morgan fingerprint density at radius 1 is 1.15 bits per heavy atom. The van der Waals surface area contributed by atoms with Crippen LogP contribution in [0.5, 0.6) is 0 Å². The van der Waals surface area contributed by atoms with Gasteiger partial charge in [0.1, 0.15) is 5.82 Å². The minimum absolute atomic E-state index is 0.00241. The first kappa shape index (κ1) is 15.0. The van der Waals surface area contributed by atoms with Gasteiger partial charge in [0.25, 0.3) is 0 Å². The molecule has 0 aliphatic carbocycles. The maximum absolute atomic E-state index is 12.8. The first-order valence-corrected chi connectivity index (χ1v) is 8.67. The number of nitrogens with one attached hydrogen (secondary N) is 1. The summed E-state index contributed by atoms with van der Waals surface area (Å²) in [6.45, 7) is 0. The molecule has 2 aromatic rings. The lowest BCUT2D eigenvalue weighted by Crippen LogP contribution is -2.01. The van der Waals surface area contributed by atoms with Crippen molar-refractivity contribution in [3.05, 3.63) is 58.3 Å². The third-order valence-corrected chi connectivity index (χ3v) is 4.10. The molecule has 6 heteroatoms. The predicted octanol–water partition coefficient (Wildman–Crippen LogP) is 3.88. The number of hydrogen-bond acceptors (Lipinski definition) is 3. The summed E-state index contributed by atoms with van der Waals surface area (Å²) in [5.74, 6) is -0.291. The summed E-state index contributed by atoms with van der Waals surface area (Å²) in [4.78, 5) is 0. The van der Waals surface area contributed by atoms with E-state index in [4.69, 9.17) is 0 Å². The second-order valence-electron chi connectivity index (χ2n) is 4.52. The van der Waals surface area contributed by atoms with E-state index in [1.807, 2.05) is 0 Å². The SMILES string of the molecule is CS(=O)(=O)Cc1ccc(Nc2ccc(F)cc2)c(Br)c1. The van der Waals surface area contributed by atoms with E-state index in [9.17, 15) is 12.8 Å². The Morgan fingerprint density at radius 3 is 2.35 bits per heavy atom. The van der Waals surface area contributed by atoms with E-state index in [1.165, 1.54) is 18.4 Å². The van der Waals surface area contributed by atoms with Crippen molar-refractivity contribution < 1.29 is 12.8 Å². The molecule has 0 saturated heterocycles. The van der Waals surface area contributed by atoms with E-state index in [1.54, 1.807) is 30.3 Å². The van der Waals surface area contributed by atoms with Gasteiger partial charge >= 0.3 is 0 Å². The van der Waals surface area contributed by atoms with Crippen LogP contribution in [0.15, 0.2) is 46.9 Å². The highest BCUT2D eigenvalue weighted by Gasteiger charge is 2.07. The Bertz CT molecular complexity index is 714. The van der Waals surface area contributed by atoms with Gasteiger partial charge in [0.05, 0.1) is 11.4 Å². The summed E-state index contributed by atoms with van der Waals surface area (Å²) >= 11 is 3.40. The maximum Gasteiger partial charge on any atom is 0.151 e. The minimum Gasteiger partial charge on any atom is -0.355 e. The Labute approximate surface area is 125 Å². The van der Waals surface area contributed by atoms with Crippen molar-refractivity contribution in [3.8, 4) is 0 Å². The van der Waals surface area contributed by atoms with Crippen LogP contribution in [0.3, 0.4) is 0 Å². The molecule has 3 nitrogen and oxygen atoms in total. The Balaban J connectivity index is 2.19. The smallest absolute Gasteiger partial charge is 0.151 e. The fraction of sp³-hybridized carbons (Fsp3) is 0.143. The number of benzene rings is 2. The topological polar surface area (TPSA) is 46.2 Å². The molecule has 0 amide bonds. The van der Waals surface area contributed by atoms with Crippen molar-refractivity contribution in [1.29, 1.82) is 0 Å². The van der Waals surface area contributed by atoms with Gasteiger partial charge in [-0.3, -0.25) is 0 Å². The van der Waals surface area contributed by atoms with Gasteiger partial charge in [0.2, 0.25) is 0 Å². The Hall–Kier alpha value is -1.40. The molecule has 106 valence electrons. The molecule has 0 aromatic heterocycles. The second-order valence-corrected chi connectivity index (χ2v) is 7.51. The lowest BCUT2D eigenvalue weighted by atomic mass is 10.2. The van der Waals surface area contributed by atoms with Crippen LogP contribution in [0, 0.1) is 5.82 Å². The first-order chi connectivity index (χ1) is 9.33. The molecule has 0 aliphatic heterocycles. The van der Waals surface area contributed by atoms with Gasteiger partial charge in [-0.15, -0.1) is 0 Å². The normalized spacial score (nSPS) is 11.3. The molecule has 0 fully saturated rings. The summed E-state index contributed by atoms with van der Waals surface area (Å²) in [6, 6.07) is 11.3. The molecule has 2 rings (SSSR count). The van der Waals surface area contributed by atoms with Crippen LogP contribution in [0.2, 0.25) is 0 Å². The average Bonchev–Trinajstić information content (AvgIpc) is 2.33. The van der Waals surface area contributed by atoms with Gasteiger partial charge in [-0.05, 0) is 57.9 Å². The summed E-state index contributed by atoms with van der Waals surface area (Å²) in [5.41, 5.74) is 2.25. The van der Waals surface area contributed by atoms with E-state index < -0.39 is 9.84 Å². The molecule has 0 atom stereocenters. The van der Waals surface area contributed by atoms with Gasteiger partial charge in [0, 0.05) is 16.4 Å². The number of sulfone groups is 1. The van der Waals surface area contributed by atoms with Crippen LogP contribution in [0.1, 0.15) is 5.56 Å². The van der Waals surface area contributed by atoms with E-state index in [0.29, 0.717) is 5.56 Å². The molecular weight excluding hydrogens is 345 g/mol. The fourth-order valence-electron chi connectivity index (χ4n) is 1.74. The van der Waals surface area contributed by atoms with Gasteiger partial charge in [-0.1, -0.05) is 6.07 Å². The molecule has 0 spiro atoms. The average molecular weight is 358 g/mol. The second kappa shape index (κ2) is 5.93. The Kier molecular flexibility index (Phi) is 4.45. The summed E-state index contributed by atoms with van der Waals surface area (Å²) in [7, 11) is -3.05. The Morgan fingerprint density at radius 2 is 1.80 bits per heavy atom. The highest BCUT2D eigenvalue weighted by atomic mass is 79.9. The standard InChI is InChI=1S/C14H13BrFNO2S/c1-20(18,19)9-10-2-7-14(13(15)8-10)17-12-5-3-11(16)4-6-12/h2-8,17H,9H2,1H3. The van der Waals surface area contributed by atoms with Gasteiger partial charge < -0.3 is 5.32 Å². The van der Waals surface area contributed by atoms with Gasteiger partial charge in [-0.2, -0.15) is 0 Å². The predicted molar refractivity (Wildman–Crippen MR) is 82.4 cm³/mol. The molecule has 0 aliphatic rings. The van der Waals surface area contributed by atoms with Crippen LogP contribution in [0.4, 0.5) is 15.8 Å². The maximum atomic E-state index is 12.8. The van der Waals surface area contributed by atoms with Gasteiger partial charge in [0.15, 0.2) is 9.84 Å². The quantitative estimate of drug-likeness (QED) is 0.902. The van der Waals surface area contributed by atoms with Crippen molar-refractivity contribution in [2.45, 2.75) is 5.75 Å². The molecule has 0 heterocycles. The molecule has 20 heavy (non-hydrogen) atoms. The zero-order valence-corrected chi connectivity index (χ0v) is 13.1. The largest absolute Gasteiger partial charge is 0.355 e. The summed E-state index contributed by atoms with van der Waals surface area (Å²) in [5, 5.41) is 3.13. The van der Waals surface area contributed by atoms with E-state index in [0.717, 1.165) is 15.8 Å². The molecule has 0 bridgehead atoms. The van der Waals surface area contributed by atoms with E-state index in [-0.39, 0.29) is 11.6 Å². The molecule has 1 N–H and O–H groups in total. The first-order valence-electron chi connectivity index (χ1n) is 5.82. The lowest BCUT2D eigenvalue weighted by Gasteiger charge is -2.10. The van der Waals surface area contributed by atoms with Crippen molar-refractivity contribution in [2.75, 3.05) is 11.6 Å². The zero-order chi connectivity index (χ0) is 14.8. The summed E-state index contributed by atoms with van der Waals surface area (Å²) in [6.07, 6.45) is 1.20. The molecule has 0 unspecified atom stereocenters. The highest BCUT2D eigenvalue weighted by Crippen LogP contribution is 2.27. The number of hydrogen-bond donors (Lipinski definition) is 1. The van der Waals surface area contributed by atoms with Gasteiger partial charge in [-0.25, -0.2) is 12.8 Å². The molecule has 0 radical (unpaired) electrons. The number of halogens is 2. The van der Waals surface area contributed by atoms with E-state index >= 15 is 0 Å². The van der Waals surface area contributed by atoms with E-state index in [2.05, 4.69) is 21.2 Å².